The normalized spacial score (nSPS) is 31.8. The van der Waals surface area contributed by atoms with Gasteiger partial charge in [0.05, 0.1) is 0 Å². The summed E-state index contributed by atoms with van der Waals surface area (Å²) in [5.41, 5.74) is 6.08. The van der Waals surface area contributed by atoms with Crippen LogP contribution < -0.4 is 4.90 Å². The van der Waals surface area contributed by atoms with E-state index in [2.05, 4.69) is 62.0 Å². The molecule has 0 spiro atoms. The van der Waals surface area contributed by atoms with E-state index in [1.807, 2.05) is 30.3 Å². The van der Waals surface area contributed by atoms with Crippen LogP contribution in [0.15, 0.2) is 76.2 Å². The molecule has 4 nitrogen and oxygen atoms in total. The Morgan fingerprint density at radius 2 is 1.75 bits per heavy atom. The first-order valence-corrected chi connectivity index (χ1v) is 16.1. The van der Waals surface area contributed by atoms with E-state index in [-0.39, 0.29) is 17.1 Å². The van der Waals surface area contributed by atoms with Crippen molar-refractivity contribution in [1.29, 1.82) is 0 Å². The van der Waals surface area contributed by atoms with Crippen molar-refractivity contribution >= 4 is 22.6 Å². The molecule has 0 heterocycles. The van der Waals surface area contributed by atoms with Crippen LogP contribution in [0.4, 0.5) is 5.69 Å². The first kappa shape index (κ1) is 27.4. The van der Waals surface area contributed by atoms with Crippen LogP contribution in [-0.2, 0) is 16.0 Å². The molecule has 40 heavy (non-hydrogen) atoms. The van der Waals surface area contributed by atoms with E-state index in [9.17, 15) is 14.5 Å². The third-order valence-corrected chi connectivity index (χ3v) is 11.2. The zero-order chi connectivity index (χ0) is 28.2. The molecule has 1 N–H and O–H groups in total. The van der Waals surface area contributed by atoms with Gasteiger partial charge in [-0.15, -0.1) is 0 Å². The Kier molecular flexibility index (Phi) is 7.02. The van der Waals surface area contributed by atoms with Crippen LogP contribution in [0.1, 0.15) is 68.9 Å². The maximum absolute atomic E-state index is 12.3. The molecule has 0 aromatic heterocycles. The number of hydrogen-bond donors (Lipinski definition) is 1. The first-order valence-electron chi connectivity index (χ1n) is 14.5. The van der Waals surface area contributed by atoms with E-state index in [1.54, 1.807) is 6.26 Å². The van der Waals surface area contributed by atoms with Crippen molar-refractivity contribution in [2.24, 2.45) is 17.3 Å². The average Bonchev–Trinajstić information content (AvgIpc) is 3.21. The highest BCUT2D eigenvalue weighted by Gasteiger charge is 2.62. The number of fused-ring (bicyclic) bond motifs is 4. The second-order valence-electron chi connectivity index (χ2n) is 12.6. The van der Waals surface area contributed by atoms with Crippen molar-refractivity contribution in [2.45, 2.75) is 68.3 Å². The van der Waals surface area contributed by atoms with Gasteiger partial charge in [0.1, 0.15) is 11.9 Å². The summed E-state index contributed by atoms with van der Waals surface area (Å²) in [5.74, 6) is 7.86. The standard InChI is InChI=1S/C35H39NO3S/c1-34-22-31(24-7-10-26(11-8-24)36(2)3)33-29-16-12-27(37)21-25(29)9-15-30(33)32(34)18-20-35(34,38)19-17-23-5-13-28(14-6-23)40(4)39/h5-8,10-11,13-14,21,30-32,38H,9,12,15-16,18,20,22H2,1-4H3/t30-,31+,32-,34-,35-,40?/m0/s1. The lowest BCUT2D eigenvalue weighted by Gasteiger charge is -2.53. The highest BCUT2D eigenvalue weighted by atomic mass is 32.2. The summed E-state index contributed by atoms with van der Waals surface area (Å²) in [4.78, 5) is 15.2. The molecule has 0 radical (unpaired) electrons. The zero-order valence-corrected chi connectivity index (χ0v) is 24.8. The van der Waals surface area contributed by atoms with Crippen molar-refractivity contribution in [3.05, 3.63) is 82.5 Å². The molecule has 2 saturated carbocycles. The van der Waals surface area contributed by atoms with E-state index >= 15 is 0 Å². The zero-order valence-electron chi connectivity index (χ0n) is 24.0. The van der Waals surface area contributed by atoms with Gasteiger partial charge in [-0.2, -0.15) is 0 Å². The molecule has 5 heteroatoms. The van der Waals surface area contributed by atoms with Gasteiger partial charge in [-0.1, -0.05) is 36.5 Å². The minimum absolute atomic E-state index is 0.194. The van der Waals surface area contributed by atoms with E-state index < -0.39 is 16.8 Å². The van der Waals surface area contributed by atoms with Crippen LogP contribution in [0.2, 0.25) is 0 Å². The number of carbonyl (C=O) groups is 1. The monoisotopic (exact) mass is 553 g/mol. The molecule has 6 atom stereocenters. The summed E-state index contributed by atoms with van der Waals surface area (Å²) in [6, 6.07) is 16.4. The number of ketones is 1. The first-order chi connectivity index (χ1) is 19.1. The Morgan fingerprint density at radius 3 is 2.42 bits per heavy atom. The molecular formula is C35H39NO3S. The largest absolute Gasteiger partial charge is 0.612 e. The Balaban J connectivity index is 1.42. The molecule has 2 fully saturated rings. The minimum atomic E-state index is -1.08. The lowest BCUT2D eigenvalue weighted by atomic mass is 9.51. The fraction of sp³-hybridized carbons (Fsp3) is 0.457. The van der Waals surface area contributed by atoms with Crippen molar-refractivity contribution < 1.29 is 14.5 Å². The summed E-state index contributed by atoms with van der Waals surface area (Å²) in [7, 11) is 4.12. The van der Waals surface area contributed by atoms with Gasteiger partial charge in [0.2, 0.25) is 0 Å². The molecule has 208 valence electrons. The molecule has 0 bridgehead atoms. The molecule has 0 saturated heterocycles. The summed E-state index contributed by atoms with van der Waals surface area (Å²) in [5, 5.41) is 12.3. The second kappa shape index (κ2) is 10.2. The summed E-state index contributed by atoms with van der Waals surface area (Å²) in [6.45, 7) is 2.28. The van der Waals surface area contributed by atoms with Gasteiger partial charge in [-0.05, 0) is 121 Å². The third-order valence-electron chi connectivity index (χ3n) is 10.3. The Morgan fingerprint density at radius 1 is 1.02 bits per heavy atom. The average molecular weight is 554 g/mol. The van der Waals surface area contributed by atoms with Gasteiger partial charge >= 0.3 is 0 Å². The minimum Gasteiger partial charge on any atom is -0.612 e. The van der Waals surface area contributed by atoms with Gasteiger partial charge < -0.3 is 14.6 Å². The highest BCUT2D eigenvalue weighted by molar-refractivity contribution is 7.90. The molecular weight excluding hydrogens is 514 g/mol. The SMILES string of the molecule is CN(C)c1ccc([C@H]2C[C@@]3(C)[C@@H](CC[C@@]3(O)C#Cc3ccc([S+](C)[O-])cc3)[C@@H]3CCC4=CC(=O)CCC4=C32)cc1. The lowest BCUT2D eigenvalue weighted by molar-refractivity contribution is -0.114. The fourth-order valence-electron chi connectivity index (χ4n) is 8.08. The molecule has 4 aliphatic carbocycles. The van der Waals surface area contributed by atoms with Gasteiger partial charge in [-0.25, -0.2) is 0 Å². The number of rotatable bonds is 3. The molecule has 0 amide bonds. The van der Waals surface area contributed by atoms with Gasteiger partial charge in [0.15, 0.2) is 10.7 Å². The lowest BCUT2D eigenvalue weighted by Crippen LogP contribution is -2.51. The van der Waals surface area contributed by atoms with E-state index in [1.165, 1.54) is 28.0 Å². The van der Waals surface area contributed by atoms with E-state index in [0.29, 0.717) is 24.7 Å². The summed E-state index contributed by atoms with van der Waals surface area (Å²) in [6.07, 6.45) is 9.48. The highest BCUT2D eigenvalue weighted by Crippen LogP contribution is 2.66. The van der Waals surface area contributed by atoms with Gasteiger partial charge in [-0.3, -0.25) is 4.79 Å². The number of carbonyl (C=O) groups excluding carboxylic acids is 1. The molecule has 0 aliphatic heterocycles. The van der Waals surface area contributed by atoms with Crippen molar-refractivity contribution in [3.63, 3.8) is 0 Å². The van der Waals surface area contributed by atoms with Crippen LogP contribution in [0.25, 0.3) is 0 Å². The van der Waals surface area contributed by atoms with Crippen LogP contribution in [0, 0.1) is 29.1 Å². The summed E-state index contributed by atoms with van der Waals surface area (Å²) < 4.78 is 11.8. The number of nitrogens with zero attached hydrogens (tertiary/aromatic N) is 1. The van der Waals surface area contributed by atoms with E-state index in [4.69, 9.17) is 0 Å². The maximum Gasteiger partial charge on any atom is 0.156 e. The second-order valence-corrected chi connectivity index (χ2v) is 14.0. The van der Waals surface area contributed by atoms with Crippen LogP contribution in [-0.4, -0.2) is 41.4 Å². The molecule has 2 aromatic carbocycles. The number of hydrogen-bond acceptors (Lipinski definition) is 4. The van der Waals surface area contributed by atoms with E-state index in [0.717, 1.165) is 42.6 Å². The third kappa shape index (κ3) is 4.55. The van der Waals surface area contributed by atoms with Gasteiger partial charge in [0.25, 0.3) is 0 Å². The topological polar surface area (TPSA) is 63.6 Å². The van der Waals surface area contributed by atoms with Crippen LogP contribution >= 0.6 is 0 Å². The van der Waals surface area contributed by atoms with Crippen molar-refractivity contribution in [1.82, 2.24) is 0 Å². The Labute approximate surface area is 241 Å². The fourth-order valence-corrected chi connectivity index (χ4v) is 8.60. The Hall–Kier alpha value is -2.78. The maximum atomic E-state index is 12.3. The Bertz CT molecular complexity index is 1440. The molecule has 2 aromatic rings. The van der Waals surface area contributed by atoms with Crippen molar-refractivity contribution in [3.8, 4) is 11.8 Å². The van der Waals surface area contributed by atoms with Crippen molar-refractivity contribution in [2.75, 3.05) is 25.3 Å². The predicted octanol–water partition coefficient (Wildman–Crippen LogP) is 6.17. The number of anilines is 1. The molecule has 4 aliphatic rings. The number of aliphatic hydroxyl groups is 1. The molecule has 6 rings (SSSR count). The van der Waals surface area contributed by atoms with Crippen LogP contribution in [0.3, 0.4) is 0 Å². The van der Waals surface area contributed by atoms with Crippen LogP contribution in [0.5, 0.6) is 0 Å². The predicted molar refractivity (Wildman–Crippen MR) is 162 cm³/mol. The summed E-state index contributed by atoms with van der Waals surface area (Å²) >= 11 is -1.03. The molecule has 1 unspecified atom stereocenters. The quantitative estimate of drug-likeness (QED) is 0.365. The number of benzene rings is 2. The van der Waals surface area contributed by atoms with Gasteiger partial charge in [0, 0.05) is 43.1 Å². The number of allylic oxidation sites excluding steroid dienone is 4. The smallest absolute Gasteiger partial charge is 0.156 e.